The summed E-state index contributed by atoms with van der Waals surface area (Å²) in [7, 11) is 0. The van der Waals surface area contributed by atoms with Gasteiger partial charge in [0, 0.05) is 0 Å². The van der Waals surface area contributed by atoms with Crippen LogP contribution in [0, 0.1) is 0 Å². The van der Waals surface area contributed by atoms with Gasteiger partial charge in [-0.1, -0.05) is 36.4 Å². The molecule has 0 saturated carbocycles. The summed E-state index contributed by atoms with van der Waals surface area (Å²) in [5.41, 5.74) is 0.529. The third-order valence-electron chi connectivity index (χ3n) is 4.41. The number of ether oxygens (including phenoxy) is 1. The molecule has 0 bridgehead atoms. The van der Waals surface area contributed by atoms with Crippen LogP contribution in [0.4, 0.5) is 0 Å². The fourth-order valence-electron chi connectivity index (χ4n) is 3.20. The Hall–Kier alpha value is -1.73. The summed E-state index contributed by atoms with van der Waals surface area (Å²) in [5, 5.41) is 37.4. The van der Waals surface area contributed by atoms with Crippen LogP contribution < -0.4 is 5.11 Å². The second-order valence-electron chi connectivity index (χ2n) is 6.52. The average molecular weight is 348 g/mol. The minimum atomic E-state index is -1.27. The van der Waals surface area contributed by atoms with Crippen LogP contribution in [0.25, 0.3) is 0 Å². The zero-order valence-corrected chi connectivity index (χ0v) is 14.6. The minimum absolute atomic E-state index is 0.154. The molecule has 1 saturated heterocycles. The van der Waals surface area contributed by atoms with Crippen molar-refractivity contribution in [3.8, 4) is 0 Å². The lowest BCUT2D eigenvalue weighted by Crippen LogP contribution is -2.53. The van der Waals surface area contributed by atoms with Crippen LogP contribution in [-0.2, 0) is 4.74 Å². The first-order valence-electron chi connectivity index (χ1n) is 8.79. The average Bonchev–Trinajstić information content (AvgIpc) is 2.62. The second-order valence-corrected chi connectivity index (χ2v) is 6.52. The molecule has 25 heavy (non-hydrogen) atoms. The molecule has 2 unspecified atom stereocenters. The standard InChI is InChI=1S/C19H28N2O4/c1-2-13-25-15-17(22)14-21(11-7-4-8-12-21)20-19(24)18(23)16-9-5-3-6-10-16/h2-3,5-6,9-10,17-18,22-23H,1,4,7-8,11-15H2. The van der Waals surface area contributed by atoms with E-state index in [2.05, 4.69) is 11.7 Å². The second kappa shape index (κ2) is 9.68. The number of aliphatic hydroxyl groups is 2. The lowest BCUT2D eigenvalue weighted by Gasteiger charge is -2.38. The summed E-state index contributed by atoms with van der Waals surface area (Å²) >= 11 is 0. The van der Waals surface area contributed by atoms with Gasteiger partial charge in [0.2, 0.25) is 0 Å². The Morgan fingerprint density at radius 3 is 2.56 bits per heavy atom. The number of nitrogens with zero attached hydrogens (tertiary/aromatic N) is 2. The monoisotopic (exact) mass is 348 g/mol. The Bertz CT molecular complexity index is 556. The number of hydrogen-bond donors (Lipinski definition) is 2. The van der Waals surface area contributed by atoms with Gasteiger partial charge in [-0.2, -0.15) is 4.59 Å². The predicted octanol–water partition coefficient (Wildman–Crippen LogP) is 0.958. The van der Waals surface area contributed by atoms with E-state index in [1.54, 1.807) is 30.3 Å². The van der Waals surface area contributed by atoms with Crippen LogP contribution in [0.5, 0.6) is 0 Å². The van der Waals surface area contributed by atoms with Gasteiger partial charge in [-0.05, 0) is 24.8 Å². The van der Waals surface area contributed by atoms with Gasteiger partial charge in [0.25, 0.3) is 0 Å². The zero-order valence-electron chi connectivity index (χ0n) is 14.6. The number of quaternary nitrogens is 1. The Morgan fingerprint density at radius 1 is 1.24 bits per heavy atom. The topological polar surface area (TPSA) is 85.1 Å². The third-order valence-corrected chi connectivity index (χ3v) is 4.41. The van der Waals surface area contributed by atoms with Crippen molar-refractivity contribution in [1.82, 2.24) is 0 Å². The smallest absolute Gasteiger partial charge is 0.131 e. The molecule has 138 valence electrons. The quantitative estimate of drug-likeness (QED) is 0.229. The highest BCUT2D eigenvalue weighted by atomic mass is 16.5. The molecule has 6 heteroatoms. The van der Waals surface area contributed by atoms with Crippen molar-refractivity contribution < 1.29 is 24.6 Å². The number of rotatable bonds is 9. The molecule has 2 N–H and O–H groups in total. The first-order valence-corrected chi connectivity index (χ1v) is 8.79. The summed E-state index contributed by atoms with van der Waals surface area (Å²) in [6.07, 6.45) is 2.61. The molecule has 1 aromatic carbocycles. The molecule has 2 atom stereocenters. The van der Waals surface area contributed by atoms with Crippen LogP contribution in [-0.4, -0.2) is 59.7 Å². The van der Waals surface area contributed by atoms with Gasteiger partial charge in [-0.3, -0.25) is 0 Å². The van der Waals surface area contributed by atoms with Crippen LogP contribution in [0.1, 0.15) is 30.9 Å². The van der Waals surface area contributed by atoms with Crippen LogP contribution >= 0.6 is 0 Å². The van der Waals surface area contributed by atoms with Crippen molar-refractivity contribution >= 4 is 5.90 Å². The molecular formula is C19H28N2O4. The fraction of sp³-hybridized carbons (Fsp3) is 0.526. The van der Waals surface area contributed by atoms with E-state index >= 15 is 0 Å². The van der Waals surface area contributed by atoms with Gasteiger partial charge in [-0.15, -0.1) is 11.7 Å². The molecule has 1 fully saturated rings. The van der Waals surface area contributed by atoms with Crippen molar-refractivity contribution in [3.05, 3.63) is 48.6 Å². The number of hydrogen-bond acceptors (Lipinski definition) is 5. The molecule has 1 heterocycles. The minimum Gasteiger partial charge on any atom is -0.856 e. The first kappa shape index (κ1) is 19.6. The Labute approximate surface area is 149 Å². The van der Waals surface area contributed by atoms with Gasteiger partial charge in [0.1, 0.15) is 31.8 Å². The SMILES string of the molecule is C=CCOCC(O)C[N+]1(/N=C(\[O-])C(O)c2ccccc2)CCCCC1. The van der Waals surface area contributed by atoms with Crippen molar-refractivity contribution in [2.45, 2.75) is 31.5 Å². The Kier molecular flexibility index (Phi) is 7.58. The normalized spacial score (nSPS) is 20.0. The molecule has 0 amide bonds. The molecule has 1 aliphatic rings. The highest BCUT2D eigenvalue weighted by molar-refractivity contribution is 5.77. The first-order chi connectivity index (χ1) is 12.1. The van der Waals surface area contributed by atoms with Crippen molar-refractivity contribution in [1.29, 1.82) is 0 Å². The highest BCUT2D eigenvalue weighted by Gasteiger charge is 2.33. The van der Waals surface area contributed by atoms with Gasteiger partial charge in [-0.25, -0.2) is 0 Å². The predicted molar refractivity (Wildman–Crippen MR) is 94.6 cm³/mol. The summed E-state index contributed by atoms with van der Waals surface area (Å²) in [6.45, 7) is 5.81. The molecular weight excluding hydrogens is 320 g/mol. The van der Waals surface area contributed by atoms with E-state index in [0.717, 1.165) is 19.3 Å². The van der Waals surface area contributed by atoms with E-state index in [9.17, 15) is 15.3 Å². The molecule has 1 aromatic rings. The highest BCUT2D eigenvalue weighted by Crippen LogP contribution is 2.22. The van der Waals surface area contributed by atoms with Crippen LogP contribution in [0.2, 0.25) is 0 Å². The molecule has 0 aliphatic carbocycles. The van der Waals surface area contributed by atoms with E-state index in [0.29, 0.717) is 31.8 Å². The molecule has 1 aliphatic heterocycles. The van der Waals surface area contributed by atoms with E-state index in [1.807, 2.05) is 6.07 Å². The van der Waals surface area contributed by atoms with Crippen molar-refractivity contribution in [2.24, 2.45) is 5.10 Å². The summed E-state index contributed by atoms with van der Waals surface area (Å²) < 4.78 is 5.45. The molecule has 0 spiro atoms. The number of piperidine rings is 1. The lowest BCUT2D eigenvalue weighted by atomic mass is 10.1. The largest absolute Gasteiger partial charge is 0.856 e. The molecule has 0 radical (unpaired) electrons. The summed E-state index contributed by atoms with van der Waals surface area (Å²) in [6, 6.07) is 8.79. The van der Waals surface area contributed by atoms with E-state index < -0.39 is 18.1 Å². The molecule has 0 aromatic heterocycles. The van der Waals surface area contributed by atoms with E-state index in [4.69, 9.17) is 4.74 Å². The summed E-state index contributed by atoms with van der Waals surface area (Å²) in [5.74, 6) is -0.563. The van der Waals surface area contributed by atoms with Crippen LogP contribution in [0.3, 0.4) is 0 Å². The Balaban J connectivity index is 2.11. The fourth-order valence-corrected chi connectivity index (χ4v) is 3.20. The maximum Gasteiger partial charge on any atom is 0.131 e. The zero-order chi connectivity index (χ0) is 18.1. The van der Waals surface area contributed by atoms with Gasteiger partial charge >= 0.3 is 0 Å². The Morgan fingerprint density at radius 2 is 1.92 bits per heavy atom. The van der Waals surface area contributed by atoms with E-state index in [-0.39, 0.29) is 11.2 Å². The number of benzene rings is 1. The van der Waals surface area contributed by atoms with Gasteiger partial charge in [0.05, 0.1) is 19.1 Å². The lowest BCUT2D eigenvalue weighted by molar-refractivity contribution is -0.942. The van der Waals surface area contributed by atoms with Crippen molar-refractivity contribution in [3.63, 3.8) is 0 Å². The third kappa shape index (κ3) is 5.93. The van der Waals surface area contributed by atoms with E-state index in [1.165, 1.54) is 0 Å². The maximum atomic E-state index is 12.5. The van der Waals surface area contributed by atoms with Gasteiger partial charge in [0.15, 0.2) is 0 Å². The number of likely N-dealkylation sites (tertiary alicyclic amines) is 1. The molecule has 6 nitrogen and oxygen atoms in total. The van der Waals surface area contributed by atoms with Crippen LogP contribution in [0.15, 0.2) is 48.1 Å². The maximum absolute atomic E-state index is 12.5. The van der Waals surface area contributed by atoms with Gasteiger partial charge < -0.3 is 20.1 Å². The summed E-state index contributed by atoms with van der Waals surface area (Å²) in [4.78, 5) is 0. The van der Waals surface area contributed by atoms with Crippen molar-refractivity contribution in [2.75, 3.05) is 32.8 Å². The molecule has 2 rings (SSSR count). The number of aliphatic hydroxyl groups excluding tert-OH is 2.